The van der Waals surface area contributed by atoms with E-state index in [9.17, 15) is 14.0 Å². The molecule has 0 atom stereocenters. The van der Waals surface area contributed by atoms with Gasteiger partial charge in [0.2, 0.25) is 11.8 Å². The summed E-state index contributed by atoms with van der Waals surface area (Å²) in [7, 11) is 0. The molecule has 0 spiro atoms. The fourth-order valence-corrected chi connectivity index (χ4v) is 2.82. The lowest BCUT2D eigenvalue weighted by atomic mass is 9.89. The molecule has 0 saturated carbocycles. The molecule has 1 fully saturated rings. The average molecular weight is 320 g/mol. The number of hydrogen-bond acceptors (Lipinski definition) is 2. The Balaban J connectivity index is 1.88. The Morgan fingerprint density at radius 1 is 1.17 bits per heavy atom. The van der Waals surface area contributed by atoms with Gasteiger partial charge in [0.05, 0.1) is 0 Å². The first-order valence-electron chi connectivity index (χ1n) is 8.24. The van der Waals surface area contributed by atoms with Crippen LogP contribution < -0.4 is 5.32 Å². The van der Waals surface area contributed by atoms with Crippen LogP contribution in [-0.2, 0) is 16.0 Å². The maximum Gasteiger partial charge on any atom is 0.237 e. The Hall–Kier alpha value is -1.91. The molecule has 0 aromatic heterocycles. The highest BCUT2D eigenvalue weighted by atomic mass is 19.1. The summed E-state index contributed by atoms with van der Waals surface area (Å²) in [5, 5.41) is 2.77. The van der Waals surface area contributed by atoms with Gasteiger partial charge >= 0.3 is 0 Å². The lowest BCUT2D eigenvalue weighted by Gasteiger charge is -2.33. The number of rotatable bonds is 5. The van der Waals surface area contributed by atoms with Crippen LogP contribution in [-0.4, -0.2) is 36.3 Å². The first-order valence-corrected chi connectivity index (χ1v) is 8.24. The van der Waals surface area contributed by atoms with Crippen molar-refractivity contribution in [1.82, 2.24) is 10.2 Å². The van der Waals surface area contributed by atoms with Gasteiger partial charge in [-0.2, -0.15) is 0 Å². The number of nitrogens with zero attached hydrogens (tertiary/aromatic N) is 1. The van der Waals surface area contributed by atoms with Gasteiger partial charge in [-0.25, -0.2) is 4.39 Å². The summed E-state index contributed by atoms with van der Waals surface area (Å²) in [6.07, 6.45) is 3.54. The van der Waals surface area contributed by atoms with Crippen LogP contribution in [0.1, 0.15) is 38.7 Å². The van der Waals surface area contributed by atoms with Crippen LogP contribution in [0.4, 0.5) is 4.39 Å². The molecule has 0 aliphatic carbocycles. The van der Waals surface area contributed by atoms with Crippen LogP contribution in [0.15, 0.2) is 24.3 Å². The first-order chi connectivity index (χ1) is 10.9. The van der Waals surface area contributed by atoms with Crippen molar-refractivity contribution in [3.63, 3.8) is 0 Å². The predicted molar refractivity (Wildman–Crippen MR) is 87.3 cm³/mol. The summed E-state index contributed by atoms with van der Waals surface area (Å²) in [6, 6.07) is 6.51. The Morgan fingerprint density at radius 2 is 1.83 bits per heavy atom. The van der Waals surface area contributed by atoms with Gasteiger partial charge in [-0.1, -0.05) is 18.2 Å². The van der Waals surface area contributed by atoms with Gasteiger partial charge in [0.25, 0.3) is 0 Å². The zero-order chi connectivity index (χ0) is 16.9. The van der Waals surface area contributed by atoms with E-state index in [0.29, 0.717) is 18.5 Å². The summed E-state index contributed by atoms with van der Waals surface area (Å²) >= 11 is 0. The van der Waals surface area contributed by atoms with E-state index in [4.69, 9.17) is 0 Å². The molecular formula is C18H25FN2O2. The number of carbonyl (C=O) groups is 2. The molecule has 0 radical (unpaired) electrons. The van der Waals surface area contributed by atoms with Crippen LogP contribution in [0.25, 0.3) is 0 Å². The molecule has 1 aliphatic rings. The van der Waals surface area contributed by atoms with Crippen molar-refractivity contribution < 1.29 is 14.0 Å². The van der Waals surface area contributed by atoms with E-state index in [1.165, 1.54) is 6.07 Å². The minimum absolute atomic E-state index is 0.124. The normalized spacial score (nSPS) is 15.3. The third kappa shape index (κ3) is 4.30. The van der Waals surface area contributed by atoms with Gasteiger partial charge in [-0.15, -0.1) is 0 Å². The summed E-state index contributed by atoms with van der Waals surface area (Å²) in [5.41, 5.74) is -0.528. The van der Waals surface area contributed by atoms with Crippen molar-refractivity contribution in [2.75, 3.05) is 19.6 Å². The maximum absolute atomic E-state index is 13.5. The zero-order valence-electron chi connectivity index (χ0n) is 13.9. The third-order valence-corrected chi connectivity index (χ3v) is 4.38. The number of benzene rings is 1. The fraction of sp³-hybridized carbons (Fsp3) is 0.556. The lowest BCUT2D eigenvalue weighted by Crippen LogP contribution is -2.51. The maximum atomic E-state index is 13.5. The summed E-state index contributed by atoms with van der Waals surface area (Å²) in [6.45, 7) is 5.08. The van der Waals surface area contributed by atoms with Crippen LogP contribution in [0.5, 0.6) is 0 Å². The fourth-order valence-electron chi connectivity index (χ4n) is 2.82. The monoisotopic (exact) mass is 320 g/mol. The van der Waals surface area contributed by atoms with E-state index in [1.807, 2.05) is 0 Å². The van der Waals surface area contributed by atoms with Crippen LogP contribution >= 0.6 is 0 Å². The van der Waals surface area contributed by atoms with Gasteiger partial charge in [-0.3, -0.25) is 9.59 Å². The minimum atomic E-state index is -1.09. The van der Waals surface area contributed by atoms with Crippen molar-refractivity contribution in [2.24, 2.45) is 5.41 Å². The molecular weight excluding hydrogens is 295 g/mol. The molecule has 0 unspecified atom stereocenters. The molecule has 23 heavy (non-hydrogen) atoms. The van der Waals surface area contributed by atoms with Crippen molar-refractivity contribution in [3.8, 4) is 0 Å². The molecule has 1 aliphatic heterocycles. The molecule has 1 aromatic rings. The predicted octanol–water partition coefficient (Wildman–Crippen LogP) is 2.52. The highest BCUT2D eigenvalue weighted by molar-refractivity contribution is 6.04. The number of hydrogen-bond donors (Lipinski definition) is 1. The Kier molecular flexibility index (Phi) is 5.74. The number of halogens is 1. The van der Waals surface area contributed by atoms with Gasteiger partial charge in [0.1, 0.15) is 11.2 Å². The van der Waals surface area contributed by atoms with Crippen LogP contribution in [0, 0.1) is 11.2 Å². The Labute approximate surface area is 137 Å². The summed E-state index contributed by atoms with van der Waals surface area (Å²) in [4.78, 5) is 26.7. The number of likely N-dealkylation sites (tertiary alicyclic amines) is 1. The van der Waals surface area contributed by atoms with E-state index >= 15 is 0 Å². The average Bonchev–Trinajstić information content (AvgIpc) is 2.56. The van der Waals surface area contributed by atoms with E-state index < -0.39 is 5.41 Å². The molecule has 1 aromatic carbocycles. The van der Waals surface area contributed by atoms with Gasteiger partial charge in [0.15, 0.2) is 0 Å². The number of piperidine rings is 1. The second kappa shape index (κ2) is 7.57. The topological polar surface area (TPSA) is 49.4 Å². The van der Waals surface area contributed by atoms with Crippen molar-refractivity contribution in [3.05, 3.63) is 35.6 Å². The second-order valence-electron chi connectivity index (χ2n) is 6.58. The molecule has 0 bridgehead atoms. The number of carbonyl (C=O) groups excluding carboxylic acids is 2. The summed E-state index contributed by atoms with van der Waals surface area (Å²) in [5.74, 6) is -0.699. The van der Waals surface area contributed by atoms with Gasteiger partial charge in [0, 0.05) is 19.6 Å². The molecule has 126 valence electrons. The molecule has 1 saturated heterocycles. The molecule has 5 heteroatoms. The highest BCUT2D eigenvalue weighted by Crippen LogP contribution is 2.22. The van der Waals surface area contributed by atoms with E-state index in [-0.39, 0.29) is 17.6 Å². The molecule has 2 rings (SSSR count). The smallest absolute Gasteiger partial charge is 0.237 e. The van der Waals surface area contributed by atoms with Crippen molar-refractivity contribution in [2.45, 2.75) is 39.5 Å². The van der Waals surface area contributed by atoms with Gasteiger partial charge in [-0.05, 0) is 51.2 Å². The van der Waals surface area contributed by atoms with Crippen molar-refractivity contribution in [1.29, 1.82) is 0 Å². The first kappa shape index (κ1) is 17.4. The quantitative estimate of drug-likeness (QED) is 0.848. The van der Waals surface area contributed by atoms with Crippen LogP contribution in [0.2, 0.25) is 0 Å². The largest absolute Gasteiger partial charge is 0.355 e. The SMILES string of the molecule is CC(C)(C(=O)NCCc1ccccc1F)C(=O)N1CCCCC1. The van der Waals surface area contributed by atoms with E-state index in [0.717, 1.165) is 32.4 Å². The lowest BCUT2D eigenvalue weighted by molar-refractivity contribution is -0.149. The van der Waals surface area contributed by atoms with E-state index in [2.05, 4.69) is 5.32 Å². The zero-order valence-corrected chi connectivity index (χ0v) is 13.9. The van der Waals surface area contributed by atoms with Gasteiger partial charge < -0.3 is 10.2 Å². The second-order valence-corrected chi connectivity index (χ2v) is 6.58. The molecule has 4 nitrogen and oxygen atoms in total. The molecule has 2 amide bonds. The third-order valence-electron chi connectivity index (χ3n) is 4.38. The number of amides is 2. The van der Waals surface area contributed by atoms with Crippen molar-refractivity contribution >= 4 is 11.8 Å². The van der Waals surface area contributed by atoms with E-state index in [1.54, 1.807) is 36.9 Å². The Bertz CT molecular complexity index is 566. The highest BCUT2D eigenvalue weighted by Gasteiger charge is 2.39. The Morgan fingerprint density at radius 3 is 2.48 bits per heavy atom. The number of nitrogens with one attached hydrogen (secondary N) is 1. The molecule has 1 heterocycles. The molecule has 1 N–H and O–H groups in total. The van der Waals surface area contributed by atoms with Crippen LogP contribution in [0.3, 0.4) is 0 Å². The minimum Gasteiger partial charge on any atom is -0.355 e. The summed E-state index contributed by atoms with van der Waals surface area (Å²) < 4.78 is 13.5. The standard InChI is InChI=1S/C18H25FN2O2/c1-18(2,17(23)21-12-6-3-7-13-21)16(22)20-11-10-14-8-4-5-9-15(14)19/h4-5,8-9H,3,6-7,10-13H2,1-2H3,(H,20,22).